The summed E-state index contributed by atoms with van der Waals surface area (Å²) < 4.78 is 14.9. The zero-order valence-electron chi connectivity index (χ0n) is 40.8. The topological polar surface area (TPSA) is 126 Å². The van der Waals surface area contributed by atoms with Crippen molar-refractivity contribution >= 4 is 172 Å². The van der Waals surface area contributed by atoms with Crippen LogP contribution in [0.25, 0.3) is 95.3 Å². The maximum absolute atomic E-state index is 10.5. The first kappa shape index (κ1) is 54.9. The highest BCUT2D eigenvalue weighted by molar-refractivity contribution is 7.29. The average Bonchev–Trinajstić information content (AvgIpc) is 4.27. The van der Waals surface area contributed by atoms with Gasteiger partial charge >= 0.3 is 0 Å². The molecule has 0 unspecified atom stereocenters. The van der Waals surface area contributed by atoms with Crippen molar-refractivity contribution in [3.63, 3.8) is 0 Å². The van der Waals surface area contributed by atoms with Crippen molar-refractivity contribution in [1.82, 2.24) is 18.6 Å². The summed E-state index contributed by atoms with van der Waals surface area (Å²) in [5, 5.41) is 22.1. The summed E-state index contributed by atoms with van der Waals surface area (Å²) >= 11 is 10.5. The van der Waals surface area contributed by atoms with Crippen LogP contribution < -0.4 is 0 Å². The van der Waals surface area contributed by atoms with Gasteiger partial charge in [-0.1, -0.05) is 32.9 Å². The molecule has 0 saturated carbocycles. The molecule has 0 amide bonds. The predicted octanol–water partition coefficient (Wildman–Crippen LogP) is 16.3. The largest absolute Gasteiger partial charge is 0.383 e. The second-order valence-electron chi connectivity index (χ2n) is 15.9. The molecular weight excluding hydrogens is 1030 g/mol. The molecular formula is C56H50N8O3S6. The molecule has 0 saturated heterocycles. The SMILES string of the molecule is CCCn1c2cc(/C=C/C=O)sc2c2sc(/C=C/C=O)cc21.CCCn1c2ccsc2c2sccc21.CN(C)/C=C/C=O.[C-]#[N+]/C(C#N)=C\C=C\c1cc2c(s1)c1sc(/C=C/C=C(\C#N)[N+]#[C-])cc1n2CCC. The second kappa shape index (κ2) is 27.4. The molecule has 368 valence electrons. The summed E-state index contributed by atoms with van der Waals surface area (Å²) in [6, 6.07) is 16.8. The van der Waals surface area contributed by atoms with Gasteiger partial charge in [-0.2, -0.15) is 0 Å². The van der Waals surface area contributed by atoms with E-state index < -0.39 is 0 Å². The van der Waals surface area contributed by atoms with Gasteiger partial charge in [0, 0.05) is 59.4 Å². The molecule has 0 radical (unpaired) electrons. The Labute approximate surface area is 448 Å². The molecule has 17 heteroatoms. The van der Waals surface area contributed by atoms with Crippen LogP contribution in [-0.2, 0) is 34.0 Å². The lowest BCUT2D eigenvalue weighted by Gasteiger charge is -2.02. The molecule has 9 aromatic heterocycles. The fourth-order valence-corrected chi connectivity index (χ4v) is 14.2. The van der Waals surface area contributed by atoms with E-state index in [0.29, 0.717) is 0 Å². The Morgan fingerprint density at radius 1 is 0.534 bits per heavy atom. The Hall–Kier alpha value is -7.45. The molecule has 0 spiro atoms. The van der Waals surface area contributed by atoms with Crippen molar-refractivity contribution in [1.29, 1.82) is 10.5 Å². The summed E-state index contributed by atoms with van der Waals surface area (Å²) in [7, 11) is 3.72. The second-order valence-corrected chi connectivity index (χ2v) is 22.0. The number of fused-ring (bicyclic) bond motifs is 9. The van der Waals surface area contributed by atoms with Gasteiger partial charge in [-0.3, -0.25) is 14.4 Å². The molecule has 0 bridgehead atoms. The number of aromatic nitrogens is 3. The third-order valence-electron chi connectivity index (χ3n) is 10.6. The highest BCUT2D eigenvalue weighted by Crippen LogP contribution is 2.43. The highest BCUT2D eigenvalue weighted by Gasteiger charge is 2.18. The highest BCUT2D eigenvalue weighted by atomic mass is 32.1. The number of hydrogen-bond donors (Lipinski definition) is 0. The van der Waals surface area contributed by atoms with Gasteiger partial charge in [0.1, 0.15) is 18.9 Å². The smallest absolute Gasteiger partial charge is 0.261 e. The normalized spacial score (nSPS) is 12.0. The van der Waals surface area contributed by atoms with Crippen molar-refractivity contribution < 1.29 is 14.4 Å². The van der Waals surface area contributed by atoms with Crippen LogP contribution in [0.4, 0.5) is 0 Å². The number of hydrogen-bond acceptors (Lipinski definition) is 12. The van der Waals surface area contributed by atoms with Gasteiger partial charge < -0.3 is 18.6 Å². The number of rotatable bonds is 16. The number of aldehydes is 3. The van der Waals surface area contributed by atoms with E-state index in [1.54, 1.807) is 68.6 Å². The predicted molar refractivity (Wildman–Crippen MR) is 314 cm³/mol. The molecule has 0 N–H and O–H groups in total. The van der Waals surface area contributed by atoms with Crippen LogP contribution in [-0.4, -0.2) is 51.6 Å². The summed E-state index contributed by atoms with van der Waals surface area (Å²) in [5.74, 6) is 0. The van der Waals surface area contributed by atoms with Gasteiger partial charge in [-0.05, 0) is 121 Å². The first-order valence-corrected chi connectivity index (χ1v) is 28.0. The number of nitriles is 2. The number of carbonyl (C=O) groups excluding carboxylic acids is 3. The number of thiophene rings is 6. The average molecular weight is 1080 g/mol. The molecule has 73 heavy (non-hydrogen) atoms. The third-order valence-corrected chi connectivity index (χ3v) is 17.2. The Balaban J connectivity index is 0.000000176. The molecule has 0 fully saturated rings. The maximum Gasteiger partial charge on any atom is 0.261 e. The van der Waals surface area contributed by atoms with Crippen LogP contribution >= 0.6 is 68.0 Å². The monoisotopic (exact) mass is 1070 g/mol. The first-order chi connectivity index (χ1) is 35.6. The molecule has 9 aromatic rings. The van der Waals surface area contributed by atoms with Gasteiger partial charge in [-0.25, -0.2) is 20.2 Å². The fourth-order valence-electron chi connectivity index (χ4n) is 7.68. The summed E-state index contributed by atoms with van der Waals surface area (Å²) in [5.41, 5.74) is 7.78. The molecule has 0 aliphatic heterocycles. The lowest BCUT2D eigenvalue weighted by molar-refractivity contribution is -0.104. The minimum absolute atomic E-state index is 0.0618. The molecule has 9 rings (SSSR count). The molecule has 0 aliphatic rings. The fraction of sp³-hybridized carbons (Fsp3) is 0.196. The minimum Gasteiger partial charge on any atom is -0.383 e. The lowest BCUT2D eigenvalue weighted by Crippen LogP contribution is -1.99. The van der Waals surface area contributed by atoms with E-state index >= 15 is 0 Å². The molecule has 0 aliphatic carbocycles. The van der Waals surface area contributed by atoms with Crippen molar-refractivity contribution in [3.8, 4) is 12.1 Å². The molecule has 0 aromatic carbocycles. The quantitative estimate of drug-likeness (QED) is 0.0312. The molecule has 11 nitrogen and oxygen atoms in total. The number of carbonyl (C=O) groups is 3. The Kier molecular flexibility index (Phi) is 20.6. The van der Waals surface area contributed by atoms with Crippen LogP contribution in [0.15, 0.2) is 107 Å². The Bertz CT molecular complexity index is 3530. The van der Waals surface area contributed by atoms with Crippen molar-refractivity contribution in [2.45, 2.75) is 59.7 Å². The molecule has 9 heterocycles. The maximum atomic E-state index is 10.5. The first-order valence-electron chi connectivity index (χ1n) is 23.0. The zero-order chi connectivity index (χ0) is 52.3. The standard InChI is InChI=1S/C23H15N5S2.C17H15NO2S2.C11H11NS2.C5H9NO/c1-4-11-28-20-12-18(9-5-7-16(14-24)26-2)29-22(20)23-21(28)13-19(30-23)10-6-8-17(15-25)27-3;1-2-7-18-14-10-12(5-3-8-19)21-16(14)17-15(18)11-13(22-17)6-4-9-20;1-2-5-12-8-3-6-13-10(8)11-9(12)4-7-14-11;1-6(2)4-3-5-7/h5-10,12-13H,4,11H2,1H3;3-6,8-11H,2,7H2,1H3;3-4,6-7H,2,5H2,1H3;3-5H,1-2H3/b9-5+,10-6+,16-7-,17-8+;5-3+,6-4+;;4-3+. The summed E-state index contributed by atoms with van der Waals surface area (Å²) in [6.07, 6.45) is 25.9. The van der Waals surface area contributed by atoms with Gasteiger partial charge in [-0.15, -0.1) is 68.0 Å². The number of nitrogens with zero attached hydrogens (tertiary/aromatic N) is 8. The van der Waals surface area contributed by atoms with Gasteiger partial charge in [0.05, 0.1) is 86.6 Å². The Morgan fingerprint density at radius 2 is 0.863 bits per heavy atom. The summed E-state index contributed by atoms with van der Waals surface area (Å²) in [6.45, 7) is 23.4. The number of allylic oxidation sites excluding steroid dienone is 9. The van der Waals surface area contributed by atoms with Crippen molar-refractivity contribution in [2.24, 2.45) is 0 Å². The van der Waals surface area contributed by atoms with Crippen LogP contribution in [0.1, 0.15) is 59.5 Å². The van der Waals surface area contributed by atoms with Crippen molar-refractivity contribution in [2.75, 3.05) is 14.1 Å². The van der Waals surface area contributed by atoms with Crippen LogP contribution in [0.3, 0.4) is 0 Å². The van der Waals surface area contributed by atoms with E-state index in [-0.39, 0.29) is 11.4 Å². The van der Waals surface area contributed by atoms with Crippen molar-refractivity contribution in [3.05, 3.63) is 150 Å². The van der Waals surface area contributed by atoms with Crippen LogP contribution in [0.2, 0.25) is 0 Å². The van der Waals surface area contributed by atoms with E-state index in [1.165, 1.54) is 98.1 Å². The van der Waals surface area contributed by atoms with Gasteiger partial charge in [0.2, 0.25) is 0 Å². The molecule has 0 atom stereocenters. The van der Waals surface area contributed by atoms with E-state index in [9.17, 15) is 14.4 Å². The van der Waals surface area contributed by atoms with E-state index in [4.69, 9.17) is 23.7 Å². The van der Waals surface area contributed by atoms with Crippen LogP contribution in [0.5, 0.6) is 0 Å². The van der Waals surface area contributed by atoms with E-state index in [1.807, 2.05) is 73.2 Å². The van der Waals surface area contributed by atoms with E-state index in [2.05, 4.69) is 91.3 Å². The Morgan fingerprint density at radius 3 is 1.14 bits per heavy atom. The minimum atomic E-state index is 0.0618. The zero-order valence-corrected chi connectivity index (χ0v) is 45.7. The van der Waals surface area contributed by atoms with Gasteiger partial charge in [0.15, 0.2) is 0 Å². The third kappa shape index (κ3) is 13.3. The number of aryl methyl sites for hydroxylation is 3. The summed E-state index contributed by atoms with van der Waals surface area (Å²) in [4.78, 5) is 43.0. The van der Waals surface area contributed by atoms with E-state index in [0.717, 1.165) is 70.8 Å². The lowest BCUT2D eigenvalue weighted by atomic mass is 10.3. The van der Waals surface area contributed by atoms with Crippen LogP contribution in [0, 0.1) is 35.8 Å². The van der Waals surface area contributed by atoms with Gasteiger partial charge in [0.25, 0.3) is 11.4 Å².